The lowest BCUT2D eigenvalue weighted by molar-refractivity contribution is -0.140. The van der Waals surface area contributed by atoms with Gasteiger partial charge in [-0.2, -0.15) is 5.10 Å². The number of nitrogens with zero attached hydrogens (tertiary/aromatic N) is 2. The van der Waals surface area contributed by atoms with Gasteiger partial charge in [0.2, 0.25) is 11.8 Å². The molecule has 2 amide bonds. The zero-order valence-corrected chi connectivity index (χ0v) is 24.7. The van der Waals surface area contributed by atoms with Crippen molar-refractivity contribution >= 4 is 25.7 Å². The Hall–Kier alpha value is -3.23. The molecule has 0 saturated heterocycles. The van der Waals surface area contributed by atoms with E-state index in [0.29, 0.717) is 19.0 Å². The predicted octanol–water partition coefficient (Wildman–Crippen LogP) is 6.19. The summed E-state index contributed by atoms with van der Waals surface area (Å²) in [6.45, 7) is 12.0. The Kier molecular flexibility index (Phi) is 7.28. The van der Waals surface area contributed by atoms with Gasteiger partial charge in [-0.25, -0.2) is 0 Å². The van der Waals surface area contributed by atoms with Crippen LogP contribution in [-0.4, -0.2) is 41.6 Å². The number of anilines is 1. The maximum absolute atomic E-state index is 14.2. The van der Waals surface area contributed by atoms with E-state index in [9.17, 15) is 9.59 Å². The van der Waals surface area contributed by atoms with E-state index in [1.807, 2.05) is 79.4 Å². The van der Waals surface area contributed by atoms with Crippen LogP contribution in [-0.2, 0) is 33.0 Å². The zero-order valence-electron chi connectivity index (χ0n) is 23.7. The van der Waals surface area contributed by atoms with E-state index in [1.54, 1.807) is 0 Å². The second-order valence-corrected chi connectivity index (χ2v) is 18.0. The number of carbonyl (C=O) groups excluding carboxylic acids is 2. The molecule has 1 aliphatic heterocycles. The molecule has 0 bridgehead atoms. The second-order valence-electron chi connectivity index (χ2n) is 12.5. The van der Waals surface area contributed by atoms with Crippen molar-refractivity contribution in [3.8, 4) is 0 Å². The Balaban J connectivity index is 1.36. The van der Waals surface area contributed by atoms with Crippen LogP contribution in [0.25, 0.3) is 0 Å². The third kappa shape index (κ3) is 4.96. The molecule has 0 unspecified atom stereocenters. The van der Waals surface area contributed by atoms with Crippen molar-refractivity contribution in [2.75, 3.05) is 11.9 Å². The Bertz CT molecular complexity index is 1330. The number of hydrogen-bond acceptors (Lipinski definition) is 4. The molecule has 2 aliphatic rings. The number of nitrogens with one attached hydrogen (secondary N) is 2. The maximum Gasteiger partial charge on any atom is 0.233 e. The largest absolute Gasteiger partial charge is 0.376 e. The SMILES string of the molecule is CC1(C)c2[nH]nc(NC(=O)C3([Si](C)(C)C)CCC3)c2CN1C(=O)[C@H](COCc1ccccc1)c1ccccc1. The summed E-state index contributed by atoms with van der Waals surface area (Å²) >= 11 is 0. The summed E-state index contributed by atoms with van der Waals surface area (Å²) in [5.41, 5.74) is 3.15. The van der Waals surface area contributed by atoms with Crippen molar-refractivity contribution in [2.24, 2.45) is 0 Å². The van der Waals surface area contributed by atoms with E-state index in [4.69, 9.17) is 4.74 Å². The highest BCUT2D eigenvalue weighted by atomic mass is 28.3. The number of amides is 2. The number of hydrogen-bond donors (Lipinski definition) is 2. The van der Waals surface area contributed by atoms with Crippen LogP contribution in [0.1, 0.15) is 61.4 Å². The second kappa shape index (κ2) is 10.4. The van der Waals surface area contributed by atoms with Crippen LogP contribution < -0.4 is 5.32 Å². The molecular weight excluding hydrogens is 504 g/mol. The number of aromatic nitrogens is 2. The van der Waals surface area contributed by atoms with Crippen LogP contribution in [0, 0.1) is 0 Å². The quantitative estimate of drug-likeness (QED) is 0.315. The first-order valence-corrected chi connectivity index (χ1v) is 17.4. The van der Waals surface area contributed by atoms with Crippen molar-refractivity contribution in [1.29, 1.82) is 0 Å². The van der Waals surface area contributed by atoms with Crippen molar-refractivity contribution in [3.05, 3.63) is 83.0 Å². The van der Waals surface area contributed by atoms with Crippen LogP contribution in [0.3, 0.4) is 0 Å². The number of fused-ring (bicyclic) bond motifs is 1. The molecule has 7 nitrogen and oxygen atoms in total. The van der Waals surface area contributed by atoms with Gasteiger partial charge in [-0.05, 0) is 37.8 Å². The topological polar surface area (TPSA) is 87.3 Å². The minimum Gasteiger partial charge on any atom is -0.376 e. The molecule has 5 rings (SSSR count). The van der Waals surface area contributed by atoms with Crippen molar-refractivity contribution in [2.45, 2.75) is 82.4 Å². The Labute approximate surface area is 232 Å². The summed E-state index contributed by atoms with van der Waals surface area (Å²) in [4.78, 5) is 29.6. The number of aromatic amines is 1. The molecule has 3 aromatic rings. The molecule has 206 valence electrons. The average molecular weight is 545 g/mol. The standard InChI is InChI=1S/C31H40N4O3Si/c1-30(2)26-24(27(34-33-26)32-29(37)31(17-12-18-31)39(3,4)5)19-35(30)28(36)25(23-15-10-7-11-16-23)21-38-20-22-13-8-6-9-14-22/h6-11,13-16,25H,12,17-21H2,1-5H3,(H2,32,33,34,37)/t25-/m1/s1. The fraction of sp³-hybridized carbons (Fsp3) is 0.452. The Morgan fingerprint density at radius 1 is 1.05 bits per heavy atom. The molecule has 2 heterocycles. The van der Waals surface area contributed by atoms with Crippen LogP contribution in [0.2, 0.25) is 24.7 Å². The van der Waals surface area contributed by atoms with E-state index in [1.165, 1.54) is 0 Å². The molecular formula is C31H40N4O3Si. The summed E-state index contributed by atoms with van der Waals surface area (Å²) in [5, 5.41) is 10.6. The summed E-state index contributed by atoms with van der Waals surface area (Å²) in [6.07, 6.45) is 2.98. The molecule has 1 atom stereocenters. The molecule has 1 aliphatic carbocycles. The third-order valence-electron chi connectivity index (χ3n) is 8.94. The minimum atomic E-state index is -1.72. The molecule has 39 heavy (non-hydrogen) atoms. The van der Waals surface area contributed by atoms with Gasteiger partial charge in [0.25, 0.3) is 0 Å². The Morgan fingerprint density at radius 3 is 2.28 bits per heavy atom. The van der Waals surface area contributed by atoms with Crippen LogP contribution in [0.5, 0.6) is 0 Å². The minimum absolute atomic E-state index is 0.00120. The molecule has 0 spiro atoms. The molecule has 8 heteroatoms. The van der Waals surface area contributed by atoms with E-state index in [2.05, 4.69) is 35.2 Å². The highest BCUT2D eigenvalue weighted by Crippen LogP contribution is 2.56. The number of benzene rings is 2. The van der Waals surface area contributed by atoms with E-state index >= 15 is 0 Å². The van der Waals surface area contributed by atoms with Gasteiger partial charge < -0.3 is 15.0 Å². The van der Waals surface area contributed by atoms with Gasteiger partial charge in [0.15, 0.2) is 5.82 Å². The Morgan fingerprint density at radius 2 is 1.69 bits per heavy atom. The van der Waals surface area contributed by atoms with Gasteiger partial charge in [-0.15, -0.1) is 0 Å². The van der Waals surface area contributed by atoms with E-state index in [-0.39, 0.29) is 23.5 Å². The van der Waals surface area contributed by atoms with Gasteiger partial charge in [0.05, 0.1) is 45.0 Å². The van der Waals surface area contributed by atoms with Crippen LogP contribution in [0.4, 0.5) is 5.82 Å². The number of H-pyrrole nitrogens is 1. The third-order valence-corrected chi connectivity index (χ3v) is 12.5. The zero-order chi connectivity index (χ0) is 27.8. The van der Waals surface area contributed by atoms with E-state index < -0.39 is 19.5 Å². The van der Waals surface area contributed by atoms with Crippen LogP contribution >= 0.6 is 0 Å². The van der Waals surface area contributed by atoms with Gasteiger partial charge in [0.1, 0.15) is 0 Å². The van der Waals surface area contributed by atoms with E-state index in [0.717, 1.165) is 41.6 Å². The first kappa shape index (κ1) is 27.3. The highest BCUT2D eigenvalue weighted by Gasteiger charge is 2.54. The summed E-state index contributed by atoms with van der Waals surface area (Å²) in [5.74, 6) is 0.189. The van der Waals surface area contributed by atoms with Gasteiger partial charge in [0, 0.05) is 10.6 Å². The van der Waals surface area contributed by atoms with Crippen LogP contribution in [0.15, 0.2) is 60.7 Å². The molecule has 2 N–H and O–H groups in total. The summed E-state index contributed by atoms with van der Waals surface area (Å²) in [7, 11) is -1.72. The molecule has 2 aromatic carbocycles. The number of carbonyl (C=O) groups is 2. The molecule has 0 radical (unpaired) electrons. The first-order valence-electron chi connectivity index (χ1n) is 13.9. The fourth-order valence-corrected chi connectivity index (χ4v) is 8.70. The lowest BCUT2D eigenvalue weighted by atomic mass is 9.83. The van der Waals surface area contributed by atoms with Gasteiger partial charge in [-0.3, -0.25) is 14.7 Å². The molecule has 1 fully saturated rings. The first-order chi connectivity index (χ1) is 18.5. The fourth-order valence-electron chi connectivity index (χ4n) is 6.10. The van der Waals surface area contributed by atoms with Gasteiger partial charge in [-0.1, -0.05) is 86.7 Å². The van der Waals surface area contributed by atoms with Crippen molar-refractivity contribution < 1.29 is 14.3 Å². The predicted molar refractivity (Wildman–Crippen MR) is 156 cm³/mol. The lowest BCUT2D eigenvalue weighted by Crippen LogP contribution is -2.52. The molecule has 1 aromatic heterocycles. The number of rotatable bonds is 9. The van der Waals surface area contributed by atoms with Crippen molar-refractivity contribution in [3.63, 3.8) is 0 Å². The average Bonchev–Trinajstić information content (AvgIpc) is 3.38. The maximum atomic E-state index is 14.2. The number of ether oxygens (including phenoxy) is 1. The smallest absolute Gasteiger partial charge is 0.233 e. The monoisotopic (exact) mass is 544 g/mol. The molecule has 1 saturated carbocycles. The summed E-state index contributed by atoms with van der Waals surface area (Å²) in [6, 6.07) is 19.8. The normalized spacial score (nSPS) is 18.2. The lowest BCUT2D eigenvalue weighted by Gasteiger charge is -2.48. The summed E-state index contributed by atoms with van der Waals surface area (Å²) < 4.78 is 6.09. The highest BCUT2D eigenvalue weighted by molar-refractivity contribution is 6.83. The van der Waals surface area contributed by atoms with Crippen molar-refractivity contribution in [1.82, 2.24) is 15.1 Å². The van der Waals surface area contributed by atoms with Gasteiger partial charge >= 0.3 is 0 Å².